The molecule has 132 heavy (non-hydrogen) atoms. The van der Waals surface area contributed by atoms with E-state index in [1.807, 2.05) is 135 Å². The van der Waals surface area contributed by atoms with Crippen LogP contribution in [0.3, 0.4) is 0 Å². The van der Waals surface area contributed by atoms with Crippen LogP contribution in [0.2, 0.25) is 0 Å². The first-order chi connectivity index (χ1) is 71.6. The molecule has 15 aromatic rings. The molecule has 15 rings (SSSR count). The fraction of sp³-hybridized carbons (Fsp3) is 0.101. The fourth-order valence-electron chi connectivity index (χ4n) is 11.2. The van der Waals surface area contributed by atoms with Gasteiger partial charge in [0.1, 0.15) is 40.2 Å². The summed E-state index contributed by atoms with van der Waals surface area (Å²) in [6.45, 7) is 2.04. The zero-order valence-corrected chi connectivity index (χ0v) is 103. The maximum absolute atomic E-state index is 8.12. The molecule has 0 aliphatic heterocycles. The van der Waals surface area contributed by atoms with E-state index in [1.165, 1.54) is 0 Å². The van der Waals surface area contributed by atoms with E-state index in [1.54, 1.807) is 144 Å². The van der Waals surface area contributed by atoms with Crippen molar-refractivity contribution in [3.8, 4) is 107 Å². The van der Waals surface area contributed by atoms with Crippen molar-refractivity contribution in [3.05, 3.63) is 297 Å². The van der Waals surface area contributed by atoms with Gasteiger partial charge in [0.05, 0.1) is 83.8 Å². The van der Waals surface area contributed by atoms with Gasteiger partial charge < -0.3 is 38.1 Å². The van der Waals surface area contributed by atoms with Gasteiger partial charge in [-0.3, -0.25) is 34.9 Å². The van der Waals surface area contributed by atoms with Crippen LogP contribution in [0.5, 0.6) is 40.2 Å². The first-order valence-electron chi connectivity index (χ1n) is 44.3. The van der Waals surface area contributed by atoms with Crippen molar-refractivity contribution in [2.45, 2.75) is 14.4 Å². The number of hydrogen-bond donors (Lipinski definition) is 1. The monoisotopic (exact) mass is 3290 g/mol. The number of aryl methyl sites for hydroxylation is 1. The van der Waals surface area contributed by atoms with Gasteiger partial charge in [-0.25, -0.2) is 0 Å². The number of carbonyl (C=O) groups excluding carboxylic acids is 6. The van der Waals surface area contributed by atoms with Gasteiger partial charge in [-0.2, -0.15) is 28.8 Å². The van der Waals surface area contributed by atoms with Crippen LogP contribution in [0.4, 0.5) is 0 Å². The second kappa shape index (κ2) is 62.9. The molecule has 718 valence electrons. The third kappa shape index (κ3) is 35.0. The average Bonchev–Trinajstić information content (AvgIpc) is 1.61. The van der Waals surface area contributed by atoms with Gasteiger partial charge in [0.25, 0.3) is 0 Å². The number of nitrogens with zero attached hydrogens (tertiary/aromatic N) is 7. The summed E-state index contributed by atoms with van der Waals surface area (Å²) < 4.78 is 146. The number of halogens is 21. The Hall–Kier alpha value is -4.02. The molecule has 7 aromatic carbocycles. The summed E-state index contributed by atoms with van der Waals surface area (Å²) in [4.78, 5) is 80.8. The van der Waals surface area contributed by atoms with Crippen molar-refractivity contribution >= 4 is 379 Å². The Morgan fingerprint density at radius 2 is 0.538 bits per heavy atom. The van der Waals surface area contributed by atoms with E-state index in [0.717, 1.165) is 224 Å². The number of benzene rings is 7. The SMILES string of the molecule is C.COc1cc(-c2c(Br)cncc2Br)c(Br)cc1Br.COc1cc(-c2c(C)cncc2Br)c(Br)cc1Br.COc1cc(-c2ccncc2Br)c(Br)cc1Br.COc1cc(-c2ccncc2Br)c(Br)cc1Br.COc1cc2c(cc1Br)[nH]c1cncc(Br)c12.COc1ccc(Br)c(-c2c(Br)cncc2Br)c1.COc1ccc(Br)c(-c2ccncc2Br)c1.O=C=O.O=C=O.O=C=O.[3HH].[3HH].[3HH].[3H][3H].[3H][3H].[3H][3H].[3H][3H].[3H][3H].[3H][3H].[3H][3H].[3H][3H].[3H][3H].[Cu][I]. The zero-order valence-electron chi connectivity index (χ0n) is 85.7. The third-order valence-electron chi connectivity index (χ3n) is 16.8. The molecule has 8 aromatic heterocycles. The Bertz CT molecular complexity index is 6340. The fourth-order valence-corrected chi connectivity index (χ4v) is 23.3. The molecule has 0 atom stereocenters. The number of aromatic nitrogens is 8. The number of pyridine rings is 7. The van der Waals surface area contributed by atoms with Crippen molar-refractivity contribution < 1.29 is 106 Å². The Labute approximate surface area is 980 Å². The van der Waals surface area contributed by atoms with Crippen molar-refractivity contribution in [1.82, 2.24) is 39.9 Å². The standard InChI is InChI=1S/C13H10Br3NO.C12H7Br4NO.3C12H8Br3NO.C12H8Br2N2O.C12H9Br2NO.3CO2.CH4.Cu.HI.12H2/c1-7-5-17-6-11(16)13(7)8-3-12(18-2)10(15)4-9(8)14;1-18-11-2-6(7(13)3-8(11)14)12-9(15)4-17-5-10(12)16;2*1-17-12-4-8(9(13)5-10(12)14)7-2-3-16-6-11(7)15;1-17-7-2-3-9(13)8(4-7)12-10(14)5-16-6-11(12)15;1-17-11-2-6-9(3-7(11)13)16-10-5-15-4-8(14)12(6)10;1-16-8-2-3-11(13)10(6-8)9-4-5-15-7-12(9)14;3*2-1-3;;;;;;;;;;;;;;;/h3-6H,1-2H3;2-5H,1H3;3*2-6H,1H3;2-5,16H,1H3;2-7H,1H3;;;;1H4;;13*1H/q;;;;;;;;;;;+1;;;;;;;;;;;;;/p-1/i;;;;;;;;;;;;;9*1+2T;3*1+2. The number of nitrogens with one attached hydrogen (secondary N) is 1. The van der Waals surface area contributed by atoms with E-state index in [9.17, 15) is 0 Å². The molecule has 43 heteroatoms. The van der Waals surface area contributed by atoms with Gasteiger partial charge in [0.15, 0.2) is 0 Å². The average molecular weight is 3310 g/mol. The topological polar surface area (TPSA) is 273 Å². The van der Waals surface area contributed by atoms with Gasteiger partial charge in [-0.1, -0.05) is 103 Å². The van der Waals surface area contributed by atoms with E-state index in [0.29, 0.717) is 0 Å². The molecule has 0 saturated carbocycles. The summed E-state index contributed by atoms with van der Waals surface area (Å²) in [5.41, 5.74) is 15.9. The van der Waals surface area contributed by atoms with Crippen LogP contribution in [0.15, 0.2) is 291 Å². The first-order valence-corrected chi connectivity index (χ1v) is 54.2. The van der Waals surface area contributed by atoms with E-state index in [-0.39, 0.29) is 30.2 Å². The molecular formula is C89H86Br20CuIN8O13. The van der Waals surface area contributed by atoms with Crippen LogP contribution in [0.25, 0.3) is 88.6 Å². The minimum absolute atomic E-state index is 0. The number of aromatic amines is 1. The van der Waals surface area contributed by atoms with Gasteiger partial charge in [0.2, 0.25) is 0 Å². The van der Waals surface area contributed by atoms with E-state index < -0.39 is 0 Å². The van der Waals surface area contributed by atoms with Gasteiger partial charge in [-0.05, 0) is 351 Å². The van der Waals surface area contributed by atoms with Crippen LogP contribution in [0.1, 0.15) is 44.0 Å². The summed E-state index contributed by atoms with van der Waals surface area (Å²) in [7, 11) is 11.6. The van der Waals surface area contributed by atoms with Crippen molar-refractivity contribution in [2.24, 2.45) is 0 Å². The molecule has 0 bridgehead atoms. The van der Waals surface area contributed by atoms with Crippen LogP contribution >= 0.6 is 339 Å². The normalized spacial score (nSPS) is 10.3. The number of methoxy groups -OCH3 is 7. The second-order valence-electron chi connectivity index (χ2n) is 24.3. The molecular weight excluding hydrogens is 3180 g/mol. The van der Waals surface area contributed by atoms with Crippen molar-refractivity contribution in [1.29, 1.82) is 0 Å². The summed E-state index contributed by atoms with van der Waals surface area (Å²) in [5, 5.41) is 2.25. The van der Waals surface area contributed by atoms with Gasteiger partial charge in [-0.15, -0.1) is 0 Å². The predicted octanol–water partition coefficient (Wildman–Crippen LogP) is 37.5. The summed E-state index contributed by atoms with van der Waals surface area (Å²) in [5.74, 6) is 5.65. The molecule has 0 spiro atoms. The van der Waals surface area contributed by atoms with Crippen molar-refractivity contribution in [3.63, 3.8) is 0 Å². The molecule has 1 N–H and O–H groups in total. The van der Waals surface area contributed by atoms with Gasteiger partial charge in [0, 0.05) is 262 Å². The Kier molecular flexibility index (Phi) is 50.2. The van der Waals surface area contributed by atoms with Crippen LogP contribution < -0.4 is 33.2 Å². The number of H-pyrrole nitrogens is 1. The summed E-state index contributed by atoms with van der Waals surface area (Å²) in [6.07, 6.45) is 25.7. The maximum atomic E-state index is 8.12. The molecule has 8 heterocycles. The summed E-state index contributed by atoms with van der Waals surface area (Å²) >= 11 is 76.1. The van der Waals surface area contributed by atoms with E-state index in [4.69, 9.17) is 88.7 Å². The van der Waals surface area contributed by atoms with Crippen LogP contribution in [0, 0.1) is 6.92 Å². The van der Waals surface area contributed by atoms with E-state index >= 15 is 0 Å². The Morgan fingerprint density at radius 3 is 0.879 bits per heavy atom. The van der Waals surface area contributed by atoms with Crippen molar-refractivity contribution in [2.75, 3.05) is 49.8 Å². The predicted molar refractivity (Wildman–Crippen MR) is 617 cm³/mol. The number of fused-ring (bicyclic) bond motifs is 3. The molecule has 21 nitrogen and oxygen atoms in total. The molecule has 0 amide bonds. The Balaban J connectivity index is -0.000000216. The van der Waals surface area contributed by atoms with Crippen LogP contribution in [-0.2, 0) is 41.5 Å². The zero-order chi connectivity index (χ0) is 115. The molecule has 0 fully saturated rings. The molecule has 0 radical (unpaired) electrons. The quantitative estimate of drug-likeness (QED) is 0.0829. The number of hydrogen-bond acceptors (Lipinski definition) is 20. The van der Waals surface area contributed by atoms with Crippen LogP contribution in [-0.4, -0.2) is 108 Å². The Morgan fingerprint density at radius 1 is 0.273 bits per heavy atom. The molecule has 0 aliphatic carbocycles. The first kappa shape index (κ1) is 105. The van der Waals surface area contributed by atoms with Gasteiger partial charge >= 0.3 is 51.6 Å². The second-order valence-corrected chi connectivity index (χ2v) is 41.4. The number of ether oxygens (including phenoxy) is 7. The third-order valence-corrected chi connectivity index (χ3v) is 29.4. The minimum atomic E-state index is 0. The number of rotatable bonds is 13. The molecule has 0 saturated heterocycles. The van der Waals surface area contributed by atoms with E-state index in [2.05, 4.69) is 371 Å². The molecule has 0 aliphatic rings. The molecule has 0 unspecified atom stereocenters. The summed E-state index contributed by atoms with van der Waals surface area (Å²) in [6, 6.07) is 37.5.